The van der Waals surface area contributed by atoms with Crippen LogP contribution >= 0.6 is 23.2 Å². The summed E-state index contributed by atoms with van der Waals surface area (Å²) in [4.78, 5) is 12.2. The van der Waals surface area contributed by atoms with Gasteiger partial charge in [0, 0.05) is 5.92 Å². The second kappa shape index (κ2) is 7.37. The van der Waals surface area contributed by atoms with E-state index in [0.29, 0.717) is 36.3 Å². The predicted molar refractivity (Wildman–Crippen MR) is 99.2 cm³/mol. The van der Waals surface area contributed by atoms with Crippen LogP contribution < -0.4 is 9.47 Å². The van der Waals surface area contributed by atoms with Crippen LogP contribution in [0, 0.1) is 11.8 Å². The molecule has 4 rings (SSSR count). The van der Waals surface area contributed by atoms with E-state index in [-0.39, 0.29) is 17.8 Å². The molecule has 2 aromatic rings. The molecule has 26 heavy (non-hydrogen) atoms. The van der Waals surface area contributed by atoms with Gasteiger partial charge in [-0.05, 0) is 48.2 Å². The van der Waals surface area contributed by atoms with E-state index in [9.17, 15) is 4.79 Å². The summed E-state index contributed by atoms with van der Waals surface area (Å²) < 4.78 is 16.5. The number of carbonyl (C=O) groups is 1. The standard InChI is InChI=1S/C20H18Cl2O4/c21-16-3-1-13(9-17(16)22)8-15-14(11-26-20(15)23)7-12-2-4-18-19(10-12)25-6-5-24-18/h1-4,9-10,14-15H,5-8,11H2/t14-,15+/m0/s1. The quantitative estimate of drug-likeness (QED) is 0.725. The van der Waals surface area contributed by atoms with Gasteiger partial charge < -0.3 is 14.2 Å². The van der Waals surface area contributed by atoms with Gasteiger partial charge in [-0.2, -0.15) is 0 Å². The number of halogens is 2. The lowest BCUT2D eigenvalue weighted by Crippen LogP contribution is -2.21. The summed E-state index contributed by atoms with van der Waals surface area (Å²) in [6, 6.07) is 11.4. The lowest BCUT2D eigenvalue weighted by atomic mass is 9.85. The Kier molecular flexibility index (Phi) is 4.96. The minimum atomic E-state index is -0.194. The molecule has 0 amide bonds. The molecule has 0 spiro atoms. The Morgan fingerprint density at radius 3 is 2.38 bits per heavy atom. The maximum atomic E-state index is 12.2. The number of fused-ring (bicyclic) bond motifs is 1. The van der Waals surface area contributed by atoms with Crippen molar-refractivity contribution in [2.24, 2.45) is 11.8 Å². The molecule has 0 aliphatic carbocycles. The van der Waals surface area contributed by atoms with Crippen molar-refractivity contribution < 1.29 is 19.0 Å². The van der Waals surface area contributed by atoms with E-state index >= 15 is 0 Å². The predicted octanol–water partition coefficient (Wildman–Crippen LogP) is 4.34. The molecule has 2 aliphatic heterocycles. The van der Waals surface area contributed by atoms with Gasteiger partial charge in [0.1, 0.15) is 13.2 Å². The van der Waals surface area contributed by atoms with Crippen LogP contribution in [0.1, 0.15) is 11.1 Å². The highest BCUT2D eigenvalue weighted by Gasteiger charge is 2.37. The minimum absolute atomic E-state index is 0.111. The van der Waals surface area contributed by atoms with Gasteiger partial charge >= 0.3 is 5.97 Å². The van der Waals surface area contributed by atoms with E-state index in [0.717, 1.165) is 29.0 Å². The fourth-order valence-corrected chi connectivity index (χ4v) is 3.81. The van der Waals surface area contributed by atoms with Crippen molar-refractivity contribution in [3.8, 4) is 11.5 Å². The SMILES string of the molecule is O=C1OC[C@H](Cc2ccc3c(c2)OCCO3)[C@H]1Cc1ccc(Cl)c(Cl)c1. The van der Waals surface area contributed by atoms with Gasteiger partial charge in [-0.25, -0.2) is 0 Å². The third kappa shape index (κ3) is 3.62. The zero-order chi connectivity index (χ0) is 18.1. The van der Waals surface area contributed by atoms with Gasteiger partial charge in [0.25, 0.3) is 0 Å². The second-order valence-electron chi connectivity index (χ2n) is 6.63. The first kappa shape index (κ1) is 17.5. The first-order valence-corrected chi connectivity index (χ1v) is 9.35. The number of ether oxygens (including phenoxy) is 3. The molecule has 4 nitrogen and oxygen atoms in total. The van der Waals surface area contributed by atoms with Gasteiger partial charge in [-0.3, -0.25) is 4.79 Å². The van der Waals surface area contributed by atoms with Crippen molar-refractivity contribution in [2.75, 3.05) is 19.8 Å². The highest BCUT2D eigenvalue weighted by molar-refractivity contribution is 6.42. The number of cyclic esters (lactones) is 1. The largest absolute Gasteiger partial charge is 0.486 e. The molecule has 0 aromatic heterocycles. The maximum Gasteiger partial charge on any atom is 0.309 e. The average molecular weight is 393 g/mol. The molecule has 0 radical (unpaired) electrons. The Hall–Kier alpha value is -1.91. The highest BCUT2D eigenvalue weighted by Crippen LogP contribution is 2.35. The number of benzene rings is 2. The third-order valence-corrected chi connectivity index (χ3v) is 5.59. The molecular formula is C20H18Cl2O4. The van der Waals surface area contributed by atoms with E-state index in [1.54, 1.807) is 6.07 Å². The van der Waals surface area contributed by atoms with Crippen molar-refractivity contribution in [1.82, 2.24) is 0 Å². The molecule has 0 N–H and O–H groups in total. The van der Waals surface area contributed by atoms with Crippen LogP contribution in [0.4, 0.5) is 0 Å². The van der Waals surface area contributed by atoms with Gasteiger partial charge in [0.2, 0.25) is 0 Å². The van der Waals surface area contributed by atoms with Crippen molar-refractivity contribution in [3.05, 3.63) is 57.6 Å². The van der Waals surface area contributed by atoms with Gasteiger partial charge in [-0.1, -0.05) is 35.3 Å². The van der Waals surface area contributed by atoms with Crippen LogP contribution in [0.3, 0.4) is 0 Å². The Bertz CT molecular complexity index is 837. The zero-order valence-corrected chi connectivity index (χ0v) is 15.6. The Labute approximate surface area is 162 Å². The molecule has 6 heteroatoms. The number of esters is 1. The highest BCUT2D eigenvalue weighted by atomic mass is 35.5. The summed E-state index contributed by atoms with van der Waals surface area (Å²) in [6.45, 7) is 1.56. The van der Waals surface area contributed by atoms with E-state index in [2.05, 4.69) is 0 Å². The first-order chi connectivity index (χ1) is 12.6. The van der Waals surface area contributed by atoms with Gasteiger partial charge in [0.15, 0.2) is 11.5 Å². The minimum Gasteiger partial charge on any atom is -0.486 e. The maximum absolute atomic E-state index is 12.2. The van der Waals surface area contributed by atoms with Crippen LogP contribution in [-0.2, 0) is 22.4 Å². The van der Waals surface area contributed by atoms with Crippen LogP contribution in [0.2, 0.25) is 10.0 Å². The summed E-state index contributed by atoms with van der Waals surface area (Å²) >= 11 is 12.1. The molecule has 2 aliphatic rings. The Balaban J connectivity index is 1.50. The fourth-order valence-electron chi connectivity index (χ4n) is 3.49. The summed E-state index contributed by atoms with van der Waals surface area (Å²) in [5, 5.41) is 1.01. The fraction of sp³-hybridized carbons (Fsp3) is 0.350. The van der Waals surface area contributed by atoms with Crippen LogP contribution in [-0.4, -0.2) is 25.8 Å². The molecule has 0 bridgehead atoms. The summed E-state index contributed by atoms with van der Waals surface area (Å²) in [5.74, 6) is 1.30. The molecule has 0 saturated carbocycles. The molecule has 1 saturated heterocycles. The molecule has 2 heterocycles. The summed E-state index contributed by atoms with van der Waals surface area (Å²) in [6.07, 6.45) is 1.33. The van der Waals surface area contributed by atoms with Crippen molar-refractivity contribution in [1.29, 1.82) is 0 Å². The lowest BCUT2D eigenvalue weighted by Gasteiger charge is -2.20. The van der Waals surface area contributed by atoms with E-state index in [1.165, 1.54) is 0 Å². The number of carbonyl (C=O) groups excluding carboxylic acids is 1. The van der Waals surface area contributed by atoms with E-state index < -0.39 is 0 Å². The number of rotatable bonds is 4. The average Bonchev–Trinajstić information content (AvgIpc) is 2.98. The van der Waals surface area contributed by atoms with E-state index in [1.807, 2.05) is 30.3 Å². The second-order valence-corrected chi connectivity index (χ2v) is 7.45. The van der Waals surface area contributed by atoms with Crippen LogP contribution in [0.15, 0.2) is 36.4 Å². The van der Waals surface area contributed by atoms with Crippen LogP contribution in [0.25, 0.3) is 0 Å². The van der Waals surface area contributed by atoms with Crippen LogP contribution in [0.5, 0.6) is 11.5 Å². The normalized spacial score (nSPS) is 21.5. The van der Waals surface area contributed by atoms with Gasteiger partial charge in [0.05, 0.1) is 22.6 Å². The summed E-state index contributed by atoms with van der Waals surface area (Å²) in [7, 11) is 0. The monoisotopic (exact) mass is 392 g/mol. The molecule has 2 atom stereocenters. The first-order valence-electron chi connectivity index (χ1n) is 8.59. The topological polar surface area (TPSA) is 44.8 Å². The van der Waals surface area contributed by atoms with Crippen molar-refractivity contribution in [3.63, 3.8) is 0 Å². The smallest absolute Gasteiger partial charge is 0.309 e. The van der Waals surface area contributed by atoms with E-state index in [4.69, 9.17) is 37.4 Å². The summed E-state index contributed by atoms with van der Waals surface area (Å²) in [5.41, 5.74) is 2.09. The lowest BCUT2D eigenvalue weighted by molar-refractivity contribution is -0.141. The number of hydrogen-bond acceptors (Lipinski definition) is 4. The number of hydrogen-bond donors (Lipinski definition) is 0. The zero-order valence-electron chi connectivity index (χ0n) is 14.0. The Morgan fingerprint density at radius 2 is 1.58 bits per heavy atom. The Morgan fingerprint density at radius 1 is 0.846 bits per heavy atom. The van der Waals surface area contributed by atoms with Crippen molar-refractivity contribution in [2.45, 2.75) is 12.8 Å². The molecule has 0 unspecified atom stereocenters. The molecule has 2 aromatic carbocycles. The van der Waals surface area contributed by atoms with Gasteiger partial charge in [-0.15, -0.1) is 0 Å². The molecule has 1 fully saturated rings. The molecular weight excluding hydrogens is 375 g/mol. The molecule has 136 valence electrons. The third-order valence-electron chi connectivity index (χ3n) is 4.86. The van der Waals surface area contributed by atoms with Crippen molar-refractivity contribution >= 4 is 29.2 Å².